The van der Waals surface area contributed by atoms with Crippen LogP contribution in [0.2, 0.25) is 0 Å². The van der Waals surface area contributed by atoms with E-state index in [9.17, 15) is 10.1 Å². The molecule has 1 fully saturated rings. The Bertz CT molecular complexity index is 473. The molecule has 0 unspecified atom stereocenters. The summed E-state index contributed by atoms with van der Waals surface area (Å²) in [4.78, 5) is 17.1. The Hall–Kier alpha value is -1.93. The first-order valence-electron chi connectivity index (χ1n) is 6.69. The van der Waals surface area contributed by atoms with Crippen LogP contribution < -0.4 is 10.7 Å². The number of likely N-dealkylation sites (N-methyl/N-ethyl adjacent to an activating group) is 1. The van der Waals surface area contributed by atoms with Crippen LogP contribution in [0.25, 0.3) is 0 Å². The van der Waals surface area contributed by atoms with Gasteiger partial charge in [-0.15, -0.1) is 0 Å². The number of nitrogens with zero attached hydrogens (tertiary/aromatic N) is 4. The molecule has 0 aliphatic carbocycles. The maximum absolute atomic E-state index is 10.9. The average Bonchev–Trinajstić information content (AvgIpc) is 2.41. The van der Waals surface area contributed by atoms with Crippen molar-refractivity contribution in [1.82, 2.24) is 14.9 Å². The molecule has 0 atom stereocenters. The van der Waals surface area contributed by atoms with Crippen LogP contribution in [-0.2, 0) is 0 Å². The third-order valence-corrected chi connectivity index (χ3v) is 3.15. The van der Waals surface area contributed by atoms with Crippen LogP contribution in [0, 0.1) is 10.1 Å². The molecule has 1 saturated heterocycles. The Morgan fingerprint density at radius 3 is 2.55 bits per heavy atom. The van der Waals surface area contributed by atoms with Gasteiger partial charge in [0.05, 0.1) is 17.1 Å². The normalized spacial score (nSPS) is 16.9. The van der Waals surface area contributed by atoms with Gasteiger partial charge in [0.25, 0.3) is 5.69 Å². The van der Waals surface area contributed by atoms with Gasteiger partial charge in [-0.1, -0.05) is 0 Å². The summed E-state index contributed by atoms with van der Waals surface area (Å²) in [5.74, 6) is 1.01. The van der Waals surface area contributed by atoms with E-state index in [0.29, 0.717) is 18.2 Å². The summed E-state index contributed by atoms with van der Waals surface area (Å²) in [5, 5.41) is 16.0. The van der Waals surface area contributed by atoms with Gasteiger partial charge in [-0.2, -0.15) is 0 Å². The number of hydrazine groups is 1. The number of nitrogens with one attached hydrogen (secondary N) is 2. The topological polar surface area (TPSA) is 86.6 Å². The molecule has 0 aromatic carbocycles. The minimum absolute atomic E-state index is 0.0348. The third-order valence-electron chi connectivity index (χ3n) is 3.15. The minimum Gasteiger partial charge on any atom is -0.370 e. The van der Waals surface area contributed by atoms with Crippen molar-refractivity contribution in [3.05, 3.63) is 22.2 Å². The van der Waals surface area contributed by atoms with Crippen molar-refractivity contribution >= 4 is 17.3 Å². The van der Waals surface area contributed by atoms with Crippen LogP contribution in [-0.4, -0.2) is 59.6 Å². The van der Waals surface area contributed by atoms with Crippen molar-refractivity contribution in [2.75, 3.05) is 50.5 Å². The van der Waals surface area contributed by atoms with Crippen molar-refractivity contribution in [3.8, 4) is 0 Å². The monoisotopic (exact) mass is 280 g/mol. The number of hydrogen-bond donors (Lipinski definition) is 2. The van der Waals surface area contributed by atoms with Gasteiger partial charge in [0.1, 0.15) is 11.6 Å². The molecule has 1 aromatic heterocycles. The van der Waals surface area contributed by atoms with Crippen molar-refractivity contribution in [2.45, 2.75) is 6.92 Å². The summed E-state index contributed by atoms with van der Waals surface area (Å²) in [6.07, 6.45) is 0. The van der Waals surface area contributed by atoms with E-state index >= 15 is 0 Å². The Morgan fingerprint density at radius 1 is 1.30 bits per heavy atom. The van der Waals surface area contributed by atoms with E-state index in [1.54, 1.807) is 0 Å². The van der Waals surface area contributed by atoms with Gasteiger partial charge < -0.3 is 15.6 Å². The van der Waals surface area contributed by atoms with Gasteiger partial charge in [0, 0.05) is 32.7 Å². The maximum Gasteiger partial charge on any atom is 0.276 e. The molecule has 2 rings (SSSR count). The molecule has 1 aromatic rings. The van der Waals surface area contributed by atoms with Gasteiger partial charge in [-0.3, -0.25) is 10.1 Å². The molecule has 0 radical (unpaired) electrons. The Labute approximate surface area is 117 Å². The lowest BCUT2D eigenvalue weighted by atomic mass is 10.3. The van der Waals surface area contributed by atoms with Gasteiger partial charge in [-0.05, 0) is 14.0 Å². The molecule has 2 N–H and O–H groups in total. The smallest absolute Gasteiger partial charge is 0.276 e. The summed E-state index contributed by atoms with van der Waals surface area (Å²) in [5.41, 5.74) is 3.18. The van der Waals surface area contributed by atoms with Crippen LogP contribution in [0.5, 0.6) is 0 Å². The molecule has 0 spiro atoms. The van der Waals surface area contributed by atoms with Crippen molar-refractivity contribution < 1.29 is 4.92 Å². The number of rotatable bonds is 5. The molecule has 8 nitrogen and oxygen atoms in total. The lowest BCUT2D eigenvalue weighted by molar-refractivity contribution is -0.384. The number of aromatic nitrogens is 1. The zero-order valence-corrected chi connectivity index (χ0v) is 11.8. The highest BCUT2D eigenvalue weighted by Crippen LogP contribution is 2.21. The van der Waals surface area contributed by atoms with Crippen LogP contribution >= 0.6 is 0 Å². The fourth-order valence-corrected chi connectivity index (χ4v) is 2.03. The molecule has 0 bridgehead atoms. The van der Waals surface area contributed by atoms with E-state index < -0.39 is 4.92 Å². The molecule has 1 aliphatic heterocycles. The third kappa shape index (κ3) is 3.78. The van der Waals surface area contributed by atoms with E-state index in [1.807, 2.05) is 11.9 Å². The Kier molecular flexibility index (Phi) is 4.70. The van der Waals surface area contributed by atoms with Crippen molar-refractivity contribution in [3.63, 3.8) is 0 Å². The fourth-order valence-electron chi connectivity index (χ4n) is 2.03. The largest absolute Gasteiger partial charge is 0.370 e. The number of piperazine rings is 1. The molecule has 0 amide bonds. The van der Waals surface area contributed by atoms with Crippen LogP contribution in [0.15, 0.2) is 12.1 Å². The standard InChI is InChI=1S/C12H20N6O2/c1-3-13-11-8-10(18(19)20)9-12(14-11)15-17-6-4-16(2)5-7-17/h8-9H,3-7H2,1-2H3,(H2,13,14,15). The highest BCUT2D eigenvalue weighted by atomic mass is 16.6. The van der Waals surface area contributed by atoms with Crippen LogP contribution in [0.1, 0.15) is 6.92 Å². The van der Waals surface area contributed by atoms with Crippen LogP contribution in [0.3, 0.4) is 0 Å². The lowest BCUT2D eigenvalue weighted by Crippen LogP contribution is -2.47. The molecule has 1 aliphatic rings. The van der Waals surface area contributed by atoms with Crippen LogP contribution in [0.4, 0.5) is 17.3 Å². The fraction of sp³-hybridized carbons (Fsp3) is 0.583. The van der Waals surface area contributed by atoms with E-state index in [4.69, 9.17) is 0 Å². The van der Waals surface area contributed by atoms with Crippen molar-refractivity contribution in [2.24, 2.45) is 0 Å². The number of hydrogen-bond acceptors (Lipinski definition) is 7. The summed E-state index contributed by atoms with van der Waals surface area (Å²) >= 11 is 0. The summed E-state index contributed by atoms with van der Waals surface area (Å²) < 4.78 is 0. The highest BCUT2D eigenvalue weighted by Gasteiger charge is 2.16. The first-order valence-corrected chi connectivity index (χ1v) is 6.69. The number of nitro groups is 1. The molecule has 20 heavy (non-hydrogen) atoms. The number of pyridine rings is 1. The van der Waals surface area contributed by atoms with Crippen molar-refractivity contribution in [1.29, 1.82) is 0 Å². The maximum atomic E-state index is 10.9. The molecule has 0 saturated carbocycles. The summed E-state index contributed by atoms with van der Waals surface area (Å²) in [6.45, 7) is 6.23. The highest BCUT2D eigenvalue weighted by molar-refractivity contribution is 5.54. The predicted octanol–water partition coefficient (Wildman–Crippen LogP) is 0.996. The summed E-state index contributed by atoms with van der Waals surface area (Å²) in [7, 11) is 2.08. The first kappa shape index (κ1) is 14.5. The second-order valence-corrected chi connectivity index (χ2v) is 4.79. The second-order valence-electron chi connectivity index (χ2n) is 4.79. The first-order chi connectivity index (χ1) is 9.58. The number of anilines is 2. The minimum atomic E-state index is -0.405. The molecular formula is C12H20N6O2. The second kappa shape index (κ2) is 6.49. The molecule has 2 heterocycles. The van der Waals surface area contributed by atoms with Gasteiger partial charge in [-0.25, -0.2) is 9.99 Å². The Balaban J connectivity index is 2.11. The van der Waals surface area contributed by atoms with Gasteiger partial charge >= 0.3 is 0 Å². The summed E-state index contributed by atoms with van der Waals surface area (Å²) in [6, 6.07) is 2.90. The zero-order valence-electron chi connectivity index (χ0n) is 11.8. The van der Waals surface area contributed by atoms with E-state index in [0.717, 1.165) is 26.2 Å². The van der Waals surface area contributed by atoms with Gasteiger partial charge in [0.15, 0.2) is 0 Å². The van der Waals surface area contributed by atoms with Gasteiger partial charge in [0.2, 0.25) is 0 Å². The van der Waals surface area contributed by atoms with E-state index in [-0.39, 0.29) is 5.69 Å². The van der Waals surface area contributed by atoms with E-state index in [2.05, 4.69) is 27.7 Å². The Morgan fingerprint density at radius 2 is 1.95 bits per heavy atom. The SMILES string of the molecule is CCNc1cc([N+](=O)[O-])cc(NN2CCN(C)CC2)n1. The lowest BCUT2D eigenvalue weighted by Gasteiger charge is -2.32. The van der Waals surface area contributed by atoms with E-state index in [1.165, 1.54) is 12.1 Å². The molecular weight excluding hydrogens is 260 g/mol. The quantitative estimate of drug-likeness (QED) is 0.614. The average molecular weight is 280 g/mol. The zero-order chi connectivity index (χ0) is 14.5. The molecule has 110 valence electrons. The predicted molar refractivity (Wildman–Crippen MR) is 77.7 cm³/mol. The molecule has 8 heteroatoms.